The quantitative estimate of drug-likeness (QED) is 0.808. The molecule has 0 saturated carbocycles. The third kappa shape index (κ3) is 2.99. The van der Waals surface area contributed by atoms with Crippen molar-refractivity contribution in [3.63, 3.8) is 0 Å². The maximum absolute atomic E-state index is 9.40. The molecule has 0 spiro atoms. The molecule has 4 nitrogen and oxygen atoms in total. The first kappa shape index (κ1) is 15.3. The summed E-state index contributed by atoms with van der Waals surface area (Å²) in [7, 11) is 0. The zero-order valence-corrected chi connectivity index (χ0v) is 12.3. The van der Waals surface area contributed by atoms with Crippen LogP contribution in [0.1, 0.15) is 18.0 Å². The summed E-state index contributed by atoms with van der Waals surface area (Å²) in [5.74, 6) is 0. The Morgan fingerprint density at radius 2 is 2.00 bits per heavy atom. The second-order valence-corrected chi connectivity index (χ2v) is 5.10. The van der Waals surface area contributed by atoms with Crippen LogP contribution < -0.4 is 5.32 Å². The van der Waals surface area contributed by atoms with Crippen molar-refractivity contribution < 1.29 is 5.11 Å². The minimum Gasteiger partial charge on any atom is -0.396 e. The highest BCUT2D eigenvalue weighted by molar-refractivity contribution is 5.85. The van der Waals surface area contributed by atoms with Crippen LogP contribution in [0, 0.1) is 0 Å². The molecule has 1 aromatic carbocycles. The number of rotatable bonds is 4. The van der Waals surface area contributed by atoms with Gasteiger partial charge in [0.05, 0.1) is 0 Å². The second kappa shape index (κ2) is 7.09. The van der Waals surface area contributed by atoms with E-state index >= 15 is 0 Å². The molecule has 0 aliphatic carbocycles. The van der Waals surface area contributed by atoms with Gasteiger partial charge in [-0.05, 0) is 24.1 Å². The zero-order chi connectivity index (χ0) is 13.1. The van der Waals surface area contributed by atoms with E-state index in [0.29, 0.717) is 6.04 Å². The lowest BCUT2D eigenvalue weighted by atomic mass is 9.98. The number of nitrogens with zero attached hydrogens (tertiary/aromatic N) is 1. The molecule has 0 unspecified atom stereocenters. The fourth-order valence-corrected chi connectivity index (χ4v) is 3.05. The largest absolute Gasteiger partial charge is 0.396 e. The van der Waals surface area contributed by atoms with E-state index in [-0.39, 0.29) is 19.0 Å². The standard InChI is InChI=1S/C15H21N3O.ClH/c19-11-5-15(18-9-7-16-8-10-18)13-2-1-3-14-12(13)4-6-17-14;/h1-4,6,15-17,19H,5,7-11H2;1H/t15-;/m0./s1. The predicted molar refractivity (Wildman–Crippen MR) is 84.4 cm³/mol. The van der Waals surface area contributed by atoms with Gasteiger partial charge >= 0.3 is 0 Å². The van der Waals surface area contributed by atoms with Crippen molar-refractivity contribution in [2.75, 3.05) is 32.8 Å². The maximum atomic E-state index is 9.40. The maximum Gasteiger partial charge on any atom is 0.0457 e. The molecule has 1 aromatic heterocycles. The number of aliphatic hydroxyl groups excluding tert-OH is 1. The van der Waals surface area contributed by atoms with E-state index in [1.807, 2.05) is 6.20 Å². The van der Waals surface area contributed by atoms with Crippen molar-refractivity contribution >= 4 is 23.3 Å². The van der Waals surface area contributed by atoms with Gasteiger partial charge < -0.3 is 15.4 Å². The van der Waals surface area contributed by atoms with Gasteiger partial charge in [0, 0.05) is 55.9 Å². The zero-order valence-electron chi connectivity index (χ0n) is 11.5. The molecule has 0 amide bonds. The molecule has 1 atom stereocenters. The highest BCUT2D eigenvalue weighted by atomic mass is 35.5. The van der Waals surface area contributed by atoms with Crippen molar-refractivity contribution in [1.29, 1.82) is 0 Å². The number of benzene rings is 1. The first-order valence-electron chi connectivity index (χ1n) is 7.02. The lowest BCUT2D eigenvalue weighted by Crippen LogP contribution is -2.45. The van der Waals surface area contributed by atoms with E-state index in [4.69, 9.17) is 0 Å². The Bertz CT molecular complexity index is 537. The van der Waals surface area contributed by atoms with Crippen LogP contribution in [0.2, 0.25) is 0 Å². The van der Waals surface area contributed by atoms with Crippen LogP contribution in [-0.2, 0) is 0 Å². The minimum absolute atomic E-state index is 0. The molecule has 110 valence electrons. The molecule has 0 bridgehead atoms. The molecule has 1 aliphatic rings. The molecule has 2 heterocycles. The van der Waals surface area contributed by atoms with Gasteiger partial charge in [-0.25, -0.2) is 0 Å². The molecule has 3 N–H and O–H groups in total. The SMILES string of the molecule is Cl.OCC[C@@H](c1cccc2[nH]ccc12)N1CCNCC1. The van der Waals surface area contributed by atoms with E-state index < -0.39 is 0 Å². The van der Waals surface area contributed by atoms with Gasteiger partial charge in [-0.1, -0.05) is 12.1 Å². The van der Waals surface area contributed by atoms with Gasteiger partial charge in [-0.15, -0.1) is 12.4 Å². The Morgan fingerprint density at radius 1 is 1.20 bits per heavy atom. The van der Waals surface area contributed by atoms with Gasteiger partial charge in [0.25, 0.3) is 0 Å². The third-order valence-corrected chi connectivity index (χ3v) is 3.98. The van der Waals surface area contributed by atoms with Gasteiger partial charge in [0.1, 0.15) is 0 Å². The summed E-state index contributed by atoms with van der Waals surface area (Å²) in [4.78, 5) is 5.75. The van der Waals surface area contributed by atoms with Crippen molar-refractivity contribution in [3.05, 3.63) is 36.0 Å². The van der Waals surface area contributed by atoms with E-state index in [1.54, 1.807) is 0 Å². The van der Waals surface area contributed by atoms with Crippen LogP contribution in [0.5, 0.6) is 0 Å². The highest BCUT2D eigenvalue weighted by Crippen LogP contribution is 2.30. The Kier molecular flexibility index (Phi) is 5.43. The lowest BCUT2D eigenvalue weighted by molar-refractivity contribution is 0.142. The number of nitrogens with one attached hydrogen (secondary N) is 2. The number of hydrogen-bond acceptors (Lipinski definition) is 3. The first-order valence-corrected chi connectivity index (χ1v) is 7.02. The van der Waals surface area contributed by atoms with Crippen LogP contribution in [0.4, 0.5) is 0 Å². The number of piperazine rings is 1. The summed E-state index contributed by atoms with van der Waals surface area (Å²) in [5, 5.41) is 14.1. The Balaban J connectivity index is 0.00000147. The van der Waals surface area contributed by atoms with Gasteiger partial charge in [-0.2, -0.15) is 0 Å². The average Bonchev–Trinajstić information content (AvgIpc) is 2.94. The molecule has 1 saturated heterocycles. The molecule has 1 aliphatic heterocycles. The topological polar surface area (TPSA) is 51.3 Å². The Labute approximate surface area is 125 Å². The number of aromatic amines is 1. The van der Waals surface area contributed by atoms with E-state index in [2.05, 4.69) is 39.5 Å². The molecule has 2 aromatic rings. The predicted octanol–water partition coefficient (Wildman–Crippen LogP) is 1.92. The third-order valence-electron chi connectivity index (χ3n) is 3.98. The fraction of sp³-hybridized carbons (Fsp3) is 0.467. The van der Waals surface area contributed by atoms with E-state index in [0.717, 1.165) is 32.6 Å². The monoisotopic (exact) mass is 295 g/mol. The minimum atomic E-state index is 0. The van der Waals surface area contributed by atoms with E-state index in [9.17, 15) is 5.11 Å². The summed E-state index contributed by atoms with van der Waals surface area (Å²) in [6.45, 7) is 4.39. The summed E-state index contributed by atoms with van der Waals surface area (Å²) in [6, 6.07) is 8.84. The van der Waals surface area contributed by atoms with Crippen molar-refractivity contribution in [3.8, 4) is 0 Å². The van der Waals surface area contributed by atoms with E-state index in [1.165, 1.54) is 16.5 Å². The molecule has 1 fully saturated rings. The first-order chi connectivity index (χ1) is 9.40. The van der Waals surface area contributed by atoms with Crippen LogP contribution in [0.15, 0.2) is 30.5 Å². The number of aromatic nitrogens is 1. The number of fused-ring (bicyclic) bond motifs is 1. The van der Waals surface area contributed by atoms with Crippen molar-refractivity contribution in [2.45, 2.75) is 12.5 Å². The smallest absolute Gasteiger partial charge is 0.0457 e. The van der Waals surface area contributed by atoms with Crippen LogP contribution in [0.3, 0.4) is 0 Å². The number of hydrogen-bond donors (Lipinski definition) is 3. The lowest BCUT2D eigenvalue weighted by Gasteiger charge is -2.35. The normalized spacial score (nSPS) is 17.9. The molecule has 5 heteroatoms. The number of H-pyrrole nitrogens is 1. The Hall–Kier alpha value is -1.07. The van der Waals surface area contributed by atoms with Crippen molar-refractivity contribution in [2.24, 2.45) is 0 Å². The van der Waals surface area contributed by atoms with Crippen molar-refractivity contribution in [1.82, 2.24) is 15.2 Å². The second-order valence-electron chi connectivity index (χ2n) is 5.10. The number of halogens is 1. The van der Waals surface area contributed by atoms with Gasteiger partial charge in [-0.3, -0.25) is 4.90 Å². The summed E-state index contributed by atoms with van der Waals surface area (Å²) in [6.07, 6.45) is 2.78. The van der Waals surface area contributed by atoms with Crippen LogP contribution in [-0.4, -0.2) is 47.8 Å². The van der Waals surface area contributed by atoms with Gasteiger partial charge in [0.2, 0.25) is 0 Å². The average molecular weight is 296 g/mol. The summed E-state index contributed by atoms with van der Waals surface area (Å²) < 4.78 is 0. The molecule has 0 radical (unpaired) electrons. The molecule has 3 rings (SSSR count). The van der Waals surface area contributed by atoms with Crippen LogP contribution in [0.25, 0.3) is 10.9 Å². The van der Waals surface area contributed by atoms with Crippen LogP contribution >= 0.6 is 12.4 Å². The summed E-state index contributed by atoms with van der Waals surface area (Å²) >= 11 is 0. The fourth-order valence-electron chi connectivity index (χ4n) is 3.05. The highest BCUT2D eigenvalue weighted by Gasteiger charge is 2.23. The number of aliphatic hydroxyl groups is 1. The molecule has 20 heavy (non-hydrogen) atoms. The molecular formula is C15H22ClN3O. The molecular weight excluding hydrogens is 274 g/mol. The summed E-state index contributed by atoms with van der Waals surface area (Å²) in [5.41, 5.74) is 2.50. The van der Waals surface area contributed by atoms with Gasteiger partial charge in [0.15, 0.2) is 0 Å². The Morgan fingerprint density at radius 3 is 2.75 bits per heavy atom.